The first-order valence-electron chi connectivity index (χ1n) is 5.29. The lowest BCUT2D eigenvalue weighted by molar-refractivity contribution is 0.154. The van der Waals surface area contributed by atoms with Crippen LogP contribution < -0.4 is 5.32 Å². The molecule has 2 aliphatic heterocycles. The van der Waals surface area contributed by atoms with Crippen molar-refractivity contribution in [2.24, 2.45) is 5.41 Å². The van der Waals surface area contributed by atoms with Crippen LogP contribution in [-0.4, -0.2) is 48.8 Å². The Morgan fingerprint density at radius 2 is 2.36 bits per heavy atom. The van der Waals surface area contributed by atoms with Gasteiger partial charge >= 0.3 is 0 Å². The van der Waals surface area contributed by atoms with E-state index in [9.17, 15) is 5.11 Å². The molecule has 14 heavy (non-hydrogen) atoms. The highest BCUT2D eigenvalue weighted by Crippen LogP contribution is 2.27. The minimum absolute atomic E-state index is 0. The number of nitrogens with zero attached hydrogens (tertiary/aromatic N) is 1. The Bertz CT molecular complexity index is 183. The molecule has 0 amide bonds. The molecule has 2 heterocycles. The summed E-state index contributed by atoms with van der Waals surface area (Å²) in [4.78, 5) is 2.40. The lowest BCUT2D eigenvalue weighted by Crippen LogP contribution is -2.36. The number of likely N-dealkylation sites (tertiary alicyclic amines) is 1. The summed E-state index contributed by atoms with van der Waals surface area (Å²) in [6, 6.07) is 0. The van der Waals surface area contributed by atoms with Gasteiger partial charge in [-0.1, -0.05) is 6.92 Å². The van der Waals surface area contributed by atoms with E-state index in [1.54, 1.807) is 0 Å². The van der Waals surface area contributed by atoms with Crippen molar-refractivity contribution in [3.63, 3.8) is 0 Å². The van der Waals surface area contributed by atoms with E-state index in [0.717, 1.165) is 39.1 Å². The van der Waals surface area contributed by atoms with Crippen LogP contribution in [0.5, 0.6) is 0 Å². The summed E-state index contributed by atoms with van der Waals surface area (Å²) in [5, 5.41) is 12.8. The second-order valence-electron chi connectivity index (χ2n) is 4.92. The van der Waals surface area contributed by atoms with Crippen molar-refractivity contribution >= 4 is 12.4 Å². The van der Waals surface area contributed by atoms with Gasteiger partial charge < -0.3 is 15.3 Å². The van der Waals surface area contributed by atoms with E-state index in [0.29, 0.717) is 5.41 Å². The highest BCUT2D eigenvalue weighted by molar-refractivity contribution is 5.85. The summed E-state index contributed by atoms with van der Waals surface area (Å²) >= 11 is 0. The maximum absolute atomic E-state index is 9.40. The molecule has 2 saturated heterocycles. The van der Waals surface area contributed by atoms with Gasteiger partial charge in [0.25, 0.3) is 0 Å². The van der Waals surface area contributed by atoms with Crippen LogP contribution in [0, 0.1) is 5.41 Å². The fraction of sp³-hybridized carbons (Fsp3) is 1.00. The molecule has 0 saturated carbocycles. The van der Waals surface area contributed by atoms with Gasteiger partial charge in [-0.2, -0.15) is 0 Å². The Labute approximate surface area is 92.3 Å². The lowest BCUT2D eigenvalue weighted by atomic mass is 9.89. The van der Waals surface area contributed by atoms with Crippen LogP contribution in [-0.2, 0) is 0 Å². The van der Waals surface area contributed by atoms with Crippen LogP contribution in [0.15, 0.2) is 0 Å². The number of hydrogen-bond acceptors (Lipinski definition) is 3. The standard InChI is InChI=1S/C10H20N2O.ClH/c1-10(3-4-11-7-10)8-12-5-2-9(13)6-12;/h9,11,13H,2-8H2,1H3;1H. The summed E-state index contributed by atoms with van der Waals surface area (Å²) < 4.78 is 0. The maximum atomic E-state index is 9.40. The fourth-order valence-electron chi connectivity index (χ4n) is 2.50. The van der Waals surface area contributed by atoms with Crippen LogP contribution in [0.3, 0.4) is 0 Å². The van der Waals surface area contributed by atoms with Gasteiger partial charge in [0.15, 0.2) is 0 Å². The van der Waals surface area contributed by atoms with Crippen LogP contribution in [0.4, 0.5) is 0 Å². The minimum Gasteiger partial charge on any atom is -0.392 e. The third-order valence-electron chi connectivity index (χ3n) is 3.31. The second kappa shape index (κ2) is 4.79. The van der Waals surface area contributed by atoms with E-state index in [2.05, 4.69) is 17.1 Å². The predicted molar refractivity (Wildman–Crippen MR) is 59.9 cm³/mol. The molecular formula is C10H21ClN2O. The number of nitrogens with one attached hydrogen (secondary N) is 1. The normalized spacial score (nSPS) is 38.6. The molecule has 0 bridgehead atoms. The van der Waals surface area contributed by atoms with Crippen molar-refractivity contribution in [3.8, 4) is 0 Å². The maximum Gasteiger partial charge on any atom is 0.0679 e. The van der Waals surface area contributed by atoms with E-state index in [-0.39, 0.29) is 18.5 Å². The minimum atomic E-state index is -0.0713. The van der Waals surface area contributed by atoms with Crippen LogP contribution in [0.25, 0.3) is 0 Å². The van der Waals surface area contributed by atoms with Crippen LogP contribution in [0.2, 0.25) is 0 Å². The molecule has 3 nitrogen and oxygen atoms in total. The first-order valence-corrected chi connectivity index (χ1v) is 5.29. The number of halogens is 1. The topological polar surface area (TPSA) is 35.5 Å². The van der Waals surface area contributed by atoms with E-state index in [4.69, 9.17) is 0 Å². The number of hydrogen-bond donors (Lipinski definition) is 2. The monoisotopic (exact) mass is 220 g/mol. The zero-order chi connectivity index (χ0) is 9.31. The van der Waals surface area contributed by atoms with Crippen molar-refractivity contribution in [1.29, 1.82) is 0 Å². The summed E-state index contributed by atoms with van der Waals surface area (Å²) in [6.45, 7) is 7.76. The average Bonchev–Trinajstić information content (AvgIpc) is 2.62. The largest absolute Gasteiger partial charge is 0.392 e. The van der Waals surface area contributed by atoms with Crippen molar-refractivity contribution in [2.75, 3.05) is 32.7 Å². The summed E-state index contributed by atoms with van der Waals surface area (Å²) in [6.07, 6.45) is 2.17. The fourth-order valence-corrected chi connectivity index (χ4v) is 2.50. The van der Waals surface area contributed by atoms with Gasteiger partial charge in [-0.25, -0.2) is 0 Å². The van der Waals surface area contributed by atoms with Gasteiger partial charge in [0.2, 0.25) is 0 Å². The van der Waals surface area contributed by atoms with Gasteiger partial charge in [0.1, 0.15) is 0 Å². The third-order valence-corrected chi connectivity index (χ3v) is 3.31. The van der Waals surface area contributed by atoms with E-state index < -0.39 is 0 Å². The van der Waals surface area contributed by atoms with Crippen molar-refractivity contribution < 1.29 is 5.11 Å². The van der Waals surface area contributed by atoms with Gasteiger partial charge in [-0.3, -0.25) is 0 Å². The molecule has 0 aromatic carbocycles. The Hall–Kier alpha value is 0.170. The summed E-state index contributed by atoms with van der Waals surface area (Å²) in [5.74, 6) is 0. The molecule has 4 heteroatoms. The first-order chi connectivity index (χ1) is 6.18. The predicted octanol–water partition coefficient (Wildman–Crippen LogP) is 0.474. The van der Waals surface area contributed by atoms with Gasteiger partial charge in [0, 0.05) is 26.2 Å². The molecular weight excluding hydrogens is 200 g/mol. The molecule has 2 atom stereocenters. The first kappa shape index (κ1) is 12.2. The Balaban J connectivity index is 0.000000980. The van der Waals surface area contributed by atoms with Crippen LogP contribution >= 0.6 is 12.4 Å². The third kappa shape index (κ3) is 2.83. The molecule has 0 aromatic rings. The van der Waals surface area contributed by atoms with Crippen molar-refractivity contribution in [2.45, 2.75) is 25.9 Å². The number of rotatable bonds is 2. The number of aliphatic hydroxyl groups is 1. The molecule has 84 valence electrons. The summed E-state index contributed by atoms with van der Waals surface area (Å²) in [5.41, 5.74) is 0.448. The van der Waals surface area contributed by atoms with Crippen molar-refractivity contribution in [1.82, 2.24) is 10.2 Å². The van der Waals surface area contributed by atoms with Gasteiger partial charge in [-0.15, -0.1) is 12.4 Å². The second-order valence-corrected chi connectivity index (χ2v) is 4.92. The average molecular weight is 221 g/mol. The van der Waals surface area contributed by atoms with E-state index >= 15 is 0 Å². The van der Waals surface area contributed by atoms with Gasteiger partial charge in [-0.05, 0) is 24.8 Å². The number of aliphatic hydroxyl groups excluding tert-OH is 1. The highest BCUT2D eigenvalue weighted by Gasteiger charge is 2.32. The smallest absolute Gasteiger partial charge is 0.0679 e. The van der Waals surface area contributed by atoms with E-state index in [1.165, 1.54) is 6.42 Å². The Kier molecular flexibility index (Phi) is 4.19. The zero-order valence-corrected chi connectivity index (χ0v) is 9.65. The highest BCUT2D eigenvalue weighted by atomic mass is 35.5. The SMILES string of the molecule is CC1(CN2CCC(O)C2)CCNC1.Cl. The molecule has 0 aromatic heterocycles. The molecule has 2 rings (SSSR count). The summed E-state index contributed by atoms with van der Waals surface area (Å²) in [7, 11) is 0. The molecule has 2 unspecified atom stereocenters. The van der Waals surface area contributed by atoms with Crippen molar-refractivity contribution in [3.05, 3.63) is 0 Å². The molecule has 2 aliphatic rings. The lowest BCUT2D eigenvalue weighted by Gasteiger charge is -2.28. The van der Waals surface area contributed by atoms with Gasteiger partial charge in [0.05, 0.1) is 6.10 Å². The quantitative estimate of drug-likeness (QED) is 0.711. The molecule has 0 radical (unpaired) electrons. The van der Waals surface area contributed by atoms with E-state index in [1.807, 2.05) is 0 Å². The Morgan fingerprint density at radius 3 is 2.86 bits per heavy atom. The molecule has 0 aliphatic carbocycles. The Morgan fingerprint density at radius 1 is 1.57 bits per heavy atom. The number of β-amino-alcohol motifs (C(OH)–C–C–N with tert-alkyl or cyclic N) is 1. The van der Waals surface area contributed by atoms with Crippen LogP contribution in [0.1, 0.15) is 19.8 Å². The molecule has 2 N–H and O–H groups in total. The molecule has 0 spiro atoms. The molecule has 2 fully saturated rings. The zero-order valence-electron chi connectivity index (χ0n) is 8.83.